The topological polar surface area (TPSA) is 55.6 Å². The molecule has 2 N–H and O–H groups in total. The number of benzene rings is 1. The Labute approximate surface area is 127 Å². The predicted molar refractivity (Wildman–Crippen MR) is 85.5 cm³/mol. The molecule has 0 bridgehead atoms. The van der Waals surface area contributed by atoms with Crippen LogP contribution in [0.2, 0.25) is 0 Å². The molecule has 0 aliphatic heterocycles. The molecule has 2 atom stereocenters. The lowest BCUT2D eigenvalue weighted by atomic mass is 9.82. The van der Waals surface area contributed by atoms with Gasteiger partial charge in [0.05, 0.1) is 11.7 Å². The fraction of sp³-hybridized carbons (Fsp3) is 0.588. The summed E-state index contributed by atoms with van der Waals surface area (Å²) in [6.07, 6.45) is 3.49. The van der Waals surface area contributed by atoms with Crippen molar-refractivity contribution in [2.24, 2.45) is 11.8 Å². The molecule has 1 fully saturated rings. The minimum Gasteiger partial charge on any atom is -0.489 e. The van der Waals surface area contributed by atoms with Gasteiger partial charge >= 0.3 is 0 Å². The largest absolute Gasteiger partial charge is 0.489 e. The van der Waals surface area contributed by atoms with Crippen LogP contribution in [0.4, 0.5) is 5.69 Å². The van der Waals surface area contributed by atoms with E-state index in [1.54, 1.807) is 37.2 Å². The second-order valence-corrected chi connectivity index (χ2v) is 6.61. The molecule has 2 rings (SSSR count). The third-order valence-electron chi connectivity index (χ3n) is 4.07. The highest BCUT2D eigenvalue weighted by Crippen LogP contribution is 2.33. The van der Waals surface area contributed by atoms with E-state index in [1.165, 1.54) is 6.42 Å². The number of hydrogen-bond donors (Lipinski definition) is 1. The van der Waals surface area contributed by atoms with Gasteiger partial charge < -0.3 is 15.4 Å². The van der Waals surface area contributed by atoms with Gasteiger partial charge in [-0.25, -0.2) is 0 Å². The molecule has 1 amide bonds. The van der Waals surface area contributed by atoms with Crippen LogP contribution in [-0.2, 0) is 0 Å². The SMILES string of the molecule is CC1CC(C)CC(Oc2cc(N)ccc2C(=O)N(C)C)C1. The first kappa shape index (κ1) is 15.7. The lowest BCUT2D eigenvalue weighted by Gasteiger charge is -2.32. The zero-order valence-electron chi connectivity index (χ0n) is 13.4. The van der Waals surface area contributed by atoms with Crippen molar-refractivity contribution in [1.82, 2.24) is 4.90 Å². The Morgan fingerprint density at radius 3 is 2.38 bits per heavy atom. The van der Waals surface area contributed by atoms with E-state index in [1.807, 2.05) is 0 Å². The molecule has 1 aliphatic carbocycles. The molecular formula is C17H26N2O2. The summed E-state index contributed by atoms with van der Waals surface area (Å²) in [7, 11) is 3.49. The summed E-state index contributed by atoms with van der Waals surface area (Å²) in [6.45, 7) is 4.52. The Hall–Kier alpha value is -1.71. The number of amides is 1. The van der Waals surface area contributed by atoms with Crippen molar-refractivity contribution in [1.29, 1.82) is 0 Å². The average molecular weight is 290 g/mol. The van der Waals surface area contributed by atoms with Crippen LogP contribution in [0, 0.1) is 11.8 Å². The minimum atomic E-state index is -0.0538. The van der Waals surface area contributed by atoms with Crippen LogP contribution in [0.3, 0.4) is 0 Å². The van der Waals surface area contributed by atoms with Gasteiger partial charge in [-0.3, -0.25) is 4.79 Å². The third-order valence-corrected chi connectivity index (χ3v) is 4.07. The molecule has 1 aromatic carbocycles. The van der Waals surface area contributed by atoms with Gasteiger partial charge in [-0.2, -0.15) is 0 Å². The Morgan fingerprint density at radius 2 is 1.81 bits per heavy atom. The summed E-state index contributed by atoms with van der Waals surface area (Å²) >= 11 is 0. The summed E-state index contributed by atoms with van der Waals surface area (Å²) in [5.41, 5.74) is 7.06. The van der Waals surface area contributed by atoms with Gasteiger partial charge in [-0.15, -0.1) is 0 Å². The molecule has 2 unspecified atom stereocenters. The molecule has 4 nitrogen and oxygen atoms in total. The number of hydrogen-bond acceptors (Lipinski definition) is 3. The second kappa shape index (κ2) is 6.37. The zero-order valence-corrected chi connectivity index (χ0v) is 13.4. The maximum absolute atomic E-state index is 12.3. The summed E-state index contributed by atoms with van der Waals surface area (Å²) in [5.74, 6) is 1.88. The molecule has 21 heavy (non-hydrogen) atoms. The zero-order chi connectivity index (χ0) is 15.6. The minimum absolute atomic E-state index is 0.0538. The Morgan fingerprint density at radius 1 is 1.19 bits per heavy atom. The lowest BCUT2D eigenvalue weighted by Crippen LogP contribution is -2.30. The first-order chi connectivity index (χ1) is 9.86. The molecule has 116 valence electrons. The Balaban J connectivity index is 2.22. The third kappa shape index (κ3) is 3.90. The van der Waals surface area contributed by atoms with E-state index < -0.39 is 0 Å². The second-order valence-electron chi connectivity index (χ2n) is 6.61. The first-order valence-electron chi connectivity index (χ1n) is 7.64. The maximum atomic E-state index is 12.3. The van der Waals surface area contributed by atoms with Gasteiger partial charge in [0.15, 0.2) is 0 Å². The van der Waals surface area contributed by atoms with Crippen molar-refractivity contribution < 1.29 is 9.53 Å². The Bertz CT molecular complexity index is 504. The van der Waals surface area contributed by atoms with Crippen molar-refractivity contribution in [2.75, 3.05) is 19.8 Å². The Kier molecular flexibility index (Phi) is 4.76. The highest BCUT2D eigenvalue weighted by Gasteiger charge is 2.26. The van der Waals surface area contributed by atoms with Crippen LogP contribution in [0.25, 0.3) is 0 Å². The highest BCUT2D eigenvalue weighted by molar-refractivity contribution is 5.97. The van der Waals surface area contributed by atoms with Crippen molar-refractivity contribution in [3.8, 4) is 5.75 Å². The number of carbonyl (C=O) groups excluding carboxylic acids is 1. The number of anilines is 1. The van der Waals surface area contributed by atoms with E-state index in [2.05, 4.69) is 13.8 Å². The molecule has 0 spiro atoms. The maximum Gasteiger partial charge on any atom is 0.257 e. The predicted octanol–water partition coefficient (Wildman–Crippen LogP) is 3.17. The summed E-state index contributed by atoms with van der Waals surface area (Å²) in [4.78, 5) is 13.8. The van der Waals surface area contributed by atoms with Crippen LogP contribution in [0.1, 0.15) is 43.5 Å². The number of nitrogens with zero attached hydrogens (tertiary/aromatic N) is 1. The highest BCUT2D eigenvalue weighted by atomic mass is 16.5. The average Bonchev–Trinajstić information content (AvgIpc) is 2.36. The number of rotatable bonds is 3. The molecular weight excluding hydrogens is 264 g/mol. The molecule has 4 heteroatoms. The van der Waals surface area contributed by atoms with Crippen LogP contribution in [-0.4, -0.2) is 31.0 Å². The standard InChI is InChI=1S/C17H26N2O2/c1-11-7-12(2)9-14(8-11)21-16-10-13(18)5-6-15(16)17(20)19(3)4/h5-6,10-12,14H,7-9,18H2,1-4H3. The first-order valence-corrected chi connectivity index (χ1v) is 7.64. The molecule has 0 heterocycles. The molecule has 1 aliphatic rings. The van der Waals surface area contributed by atoms with Gasteiger partial charge in [-0.1, -0.05) is 13.8 Å². The fourth-order valence-electron chi connectivity index (χ4n) is 3.20. The van der Waals surface area contributed by atoms with E-state index in [4.69, 9.17) is 10.5 Å². The number of ether oxygens (including phenoxy) is 1. The van der Waals surface area contributed by atoms with Crippen molar-refractivity contribution in [3.63, 3.8) is 0 Å². The summed E-state index contributed by atoms with van der Waals surface area (Å²) < 4.78 is 6.15. The number of carbonyl (C=O) groups is 1. The fourth-order valence-corrected chi connectivity index (χ4v) is 3.20. The molecule has 1 aromatic rings. The van der Waals surface area contributed by atoms with Gasteiger partial charge in [0.1, 0.15) is 5.75 Å². The van der Waals surface area contributed by atoms with E-state index in [0.29, 0.717) is 28.8 Å². The van der Waals surface area contributed by atoms with Gasteiger partial charge in [-0.05, 0) is 43.2 Å². The van der Waals surface area contributed by atoms with E-state index in [9.17, 15) is 4.79 Å². The van der Waals surface area contributed by atoms with Gasteiger partial charge in [0.2, 0.25) is 0 Å². The van der Waals surface area contributed by atoms with E-state index in [-0.39, 0.29) is 12.0 Å². The van der Waals surface area contributed by atoms with Crippen LogP contribution in [0.15, 0.2) is 18.2 Å². The molecule has 1 saturated carbocycles. The van der Waals surface area contributed by atoms with E-state index in [0.717, 1.165) is 12.8 Å². The number of nitrogens with two attached hydrogens (primary N) is 1. The van der Waals surface area contributed by atoms with Crippen molar-refractivity contribution in [3.05, 3.63) is 23.8 Å². The normalized spacial score (nSPS) is 25.4. The van der Waals surface area contributed by atoms with E-state index >= 15 is 0 Å². The molecule has 0 aromatic heterocycles. The summed E-state index contributed by atoms with van der Waals surface area (Å²) in [5, 5.41) is 0. The van der Waals surface area contributed by atoms with Gasteiger partial charge in [0, 0.05) is 25.8 Å². The van der Waals surface area contributed by atoms with Crippen molar-refractivity contribution >= 4 is 11.6 Å². The lowest BCUT2D eigenvalue weighted by molar-refractivity contribution is 0.0798. The van der Waals surface area contributed by atoms with Crippen molar-refractivity contribution in [2.45, 2.75) is 39.2 Å². The molecule has 0 radical (unpaired) electrons. The summed E-state index contributed by atoms with van der Waals surface area (Å²) in [6, 6.07) is 5.26. The quantitative estimate of drug-likeness (QED) is 0.870. The van der Waals surface area contributed by atoms with Crippen LogP contribution >= 0.6 is 0 Å². The number of nitrogen functional groups attached to an aromatic ring is 1. The van der Waals surface area contributed by atoms with Gasteiger partial charge in [0.25, 0.3) is 5.91 Å². The molecule has 0 saturated heterocycles. The monoisotopic (exact) mass is 290 g/mol. The van der Waals surface area contributed by atoms with Crippen LogP contribution < -0.4 is 10.5 Å². The van der Waals surface area contributed by atoms with Crippen LogP contribution in [0.5, 0.6) is 5.75 Å². The smallest absolute Gasteiger partial charge is 0.257 e.